The number of benzene rings is 3. The monoisotopic (exact) mass is 321 g/mol. The van der Waals surface area contributed by atoms with Gasteiger partial charge in [-0.2, -0.15) is 0 Å². The zero-order valence-corrected chi connectivity index (χ0v) is 13.2. The van der Waals surface area contributed by atoms with Crippen molar-refractivity contribution in [1.29, 1.82) is 0 Å². The van der Waals surface area contributed by atoms with E-state index in [1.54, 1.807) is 0 Å². The molecule has 0 amide bonds. The molecule has 0 aliphatic heterocycles. The minimum absolute atomic E-state index is 0.386. The highest BCUT2D eigenvalue weighted by atomic mass is 35.5. The summed E-state index contributed by atoms with van der Waals surface area (Å²) in [5.41, 5.74) is 7.54. The Balaban J connectivity index is 0.000000183. The molecule has 4 heteroatoms. The first-order valence-corrected chi connectivity index (χ1v) is 7.61. The van der Waals surface area contributed by atoms with Crippen LogP contribution in [0, 0.1) is 10.4 Å². The molecule has 2 aliphatic carbocycles. The van der Waals surface area contributed by atoms with Gasteiger partial charge in [0.25, 0.3) is 0 Å². The first-order valence-electron chi connectivity index (χ1n) is 7.23. The van der Waals surface area contributed by atoms with Crippen molar-refractivity contribution in [3.63, 3.8) is 0 Å². The Morgan fingerprint density at radius 1 is 0.870 bits per heavy atom. The highest BCUT2D eigenvalue weighted by Crippen LogP contribution is 2.20. The van der Waals surface area contributed by atoms with E-state index in [1.165, 1.54) is 10.4 Å². The number of guanidine groups is 1. The van der Waals surface area contributed by atoms with E-state index in [0.717, 1.165) is 16.4 Å². The summed E-state index contributed by atoms with van der Waals surface area (Å²) >= 11 is 5.60. The molecule has 0 unspecified atom stereocenters. The maximum Gasteiger partial charge on any atom is 0.198 e. The fraction of sp³-hybridized carbons (Fsp3) is 0. The number of nitrogens with one attached hydrogen (secondary N) is 1. The van der Waals surface area contributed by atoms with Crippen LogP contribution in [0.5, 0.6) is 0 Å². The molecule has 0 saturated heterocycles. The van der Waals surface area contributed by atoms with Crippen molar-refractivity contribution < 1.29 is 0 Å². The maximum absolute atomic E-state index is 5.78. The summed E-state index contributed by atoms with van der Waals surface area (Å²) in [5.74, 6) is 0.386. The molecule has 0 saturated carbocycles. The second-order valence-corrected chi connectivity index (χ2v) is 5.43. The van der Waals surface area contributed by atoms with Gasteiger partial charge < -0.3 is 11.1 Å². The van der Waals surface area contributed by atoms with Crippen LogP contribution in [0.1, 0.15) is 0 Å². The second-order valence-electron chi connectivity index (χ2n) is 5.02. The van der Waals surface area contributed by atoms with Crippen LogP contribution < -0.4 is 11.1 Å². The van der Waals surface area contributed by atoms with Crippen LogP contribution in [-0.2, 0) is 0 Å². The van der Waals surface area contributed by atoms with Crippen molar-refractivity contribution in [3.05, 3.63) is 94.3 Å². The highest BCUT2D eigenvalue weighted by Gasteiger charge is 2.00. The van der Waals surface area contributed by atoms with Crippen molar-refractivity contribution in [1.82, 2.24) is 0 Å². The van der Waals surface area contributed by atoms with Gasteiger partial charge >= 0.3 is 0 Å². The number of anilines is 1. The Morgan fingerprint density at radius 3 is 1.96 bits per heavy atom. The average Bonchev–Trinajstić information content (AvgIpc) is 2.54. The molecule has 114 valence electrons. The molecule has 2 aromatic rings. The molecule has 0 heterocycles. The maximum atomic E-state index is 5.78. The Labute approximate surface area is 139 Å². The molecule has 3 N–H and O–H groups in total. The lowest BCUT2D eigenvalue weighted by Gasteiger charge is -2.04. The number of halogens is 1. The van der Waals surface area contributed by atoms with Crippen LogP contribution in [0.25, 0.3) is 0 Å². The van der Waals surface area contributed by atoms with E-state index in [-0.39, 0.29) is 0 Å². The van der Waals surface area contributed by atoms with Crippen LogP contribution in [-0.4, -0.2) is 5.96 Å². The van der Waals surface area contributed by atoms with Gasteiger partial charge in [0.15, 0.2) is 5.96 Å². The van der Waals surface area contributed by atoms with Gasteiger partial charge in [0.05, 0.1) is 5.69 Å². The van der Waals surface area contributed by atoms with Crippen LogP contribution in [0.3, 0.4) is 0 Å². The molecule has 0 radical (unpaired) electrons. The molecule has 0 atom stereocenters. The minimum Gasteiger partial charge on any atom is -0.369 e. The van der Waals surface area contributed by atoms with Gasteiger partial charge in [0, 0.05) is 15.9 Å². The lowest BCUT2D eigenvalue weighted by Crippen LogP contribution is -2.21. The molecular formula is C19H16ClN3. The van der Waals surface area contributed by atoms with Crippen molar-refractivity contribution in [2.75, 3.05) is 5.32 Å². The number of nitrogens with zero attached hydrogens (tertiary/aromatic N) is 1. The standard InChI is InChI=1S/C13H13N3.C6H3Cl/c14-13(15-11-7-3-1-4-8-11)16-12-9-5-2-6-10-12;7-6-3-4-1-2-5(4)6/h1-10H,(H3,14,15,16);1-3H. The number of aliphatic imine (C=N–C) groups is 1. The van der Waals surface area contributed by atoms with Crippen LogP contribution >= 0.6 is 11.6 Å². The number of hydrogen-bond acceptors (Lipinski definition) is 1. The summed E-state index contributed by atoms with van der Waals surface area (Å²) in [4.78, 5) is 4.24. The average molecular weight is 322 g/mol. The zero-order chi connectivity index (χ0) is 16.1. The zero-order valence-electron chi connectivity index (χ0n) is 12.4. The third kappa shape index (κ3) is 3.90. The third-order valence-electron chi connectivity index (χ3n) is 3.33. The van der Waals surface area contributed by atoms with Gasteiger partial charge in [-0.05, 0) is 35.6 Å². The summed E-state index contributed by atoms with van der Waals surface area (Å²) < 4.78 is 0. The molecule has 0 fully saturated rings. The second kappa shape index (κ2) is 6.99. The summed E-state index contributed by atoms with van der Waals surface area (Å²) in [6, 6.07) is 25.4. The van der Waals surface area contributed by atoms with Crippen molar-refractivity contribution in [3.8, 4) is 0 Å². The number of rotatable bonds is 2. The van der Waals surface area contributed by atoms with E-state index in [0.29, 0.717) is 5.96 Å². The van der Waals surface area contributed by atoms with Crippen LogP contribution in [0.15, 0.2) is 83.9 Å². The molecule has 4 rings (SSSR count). The van der Waals surface area contributed by atoms with E-state index >= 15 is 0 Å². The molecular weight excluding hydrogens is 306 g/mol. The number of nitrogens with two attached hydrogens (primary N) is 1. The molecule has 23 heavy (non-hydrogen) atoms. The van der Waals surface area contributed by atoms with Crippen molar-refractivity contribution in [2.24, 2.45) is 10.7 Å². The fourth-order valence-electron chi connectivity index (χ4n) is 2.08. The topological polar surface area (TPSA) is 50.4 Å². The van der Waals surface area contributed by atoms with Gasteiger partial charge in [-0.25, -0.2) is 4.99 Å². The van der Waals surface area contributed by atoms with E-state index in [9.17, 15) is 0 Å². The smallest absolute Gasteiger partial charge is 0.198 e. The van der Waals surface area contributed by atoms with Gasteiger partial charge in [-0.1, -0.05) is 60.1 Å². The summed E-state index contributed by atoms with van der Waals surface area (Å²) in [7, 11) is 0. The summed E-state index contributed by atoms with van der Waals surface area (Å²) in [6.45, 7) is 0. The lowest BCUT2D eigenvalue weighted by molar-refractivity contribution is 1.38. The highest BCUT2D eigenvalue weighted by molar-refractivity contribution is 6.31. The Hall–Kier alpha value is -2.78. The number of hydrogen-bond donors (Lipinski definition) is 2. The van der Waals surface area contributed by atoms with Crippen molar-refractivity contribution >= 4 is 28.9 Å². The minimum atomic E-state index is 0.386. The molecule has 0 aromatic heterocycles. The lowest BCUT2D eigenvalue weighted by atomic mass is 10.1. The van der Waals surface area contributed by atoms with Crippen LogP contribution in [0.4, 0.5) is 11.4 Å². The Kier molecular flexibility index (Phi) is 4.60. The Bertz CT molecular complexity index is 906. The van der Waals surface area contributed by atoms with Gasteiger partial charge in [0.1, 0.15) is 0 Å². The van der Waals surface area contributed by atoms with Gasteiger partial charge in [0.2, 0.25) is 0 Å². The fourth-order valence-corrected chi connectivity index (χ4v) is 2.37. The van der Waals surface area contributed by atoms with E-state index in [1.807, 2.05) is 72.8 Å². The predicted molar refractivity (Wildman–Crippen MR) is 96.9 cm³/mol. The van der Waals surface area contributed by atoms with E-state index < -0.39 is 0 Å². The first kappa shape index (κ1) is 15.1. The molecule has 3 nitrogen and oxygen atoms in total. The molecule has 2 aliphatic rings. The first-order chi connectivity index (χ1) is 11.2. The molecule has 2 aromatic carbocycles. The largest absolute Gasteiger partial charge is 0.369 e. The van der Waals surface area contributed by atoms with Crippen LogP contribution in [0.2, 0.25) is 5.02 Å². The third-order valence-corrected chi connectivity index (χ3v) is 3.64. The normalized spacial score (nSPS) is 11.3. The molecule has 0 spiro atoms. The SMILES string of the molecule is Clc1cc2ccc1=2.NC(=Nc1ccccc1)Nc1ccccc1. The van der Waals surface area contributed by atoms with Crippen molar-refractivity contribution in [2.45, 2.75) is 0 Å². The Morgan fingerprint density at radius 2 is 1.52 bits per heavy atom. The van der Waals surface area contributed by atoms with Gasteiger partial charge in [-0.15, -0.1) is 0 Å². The summed E-state index contributed by atoms with van der Waals surface area (Å²) in [5, 5.41) is 6.48. The summed E-state index contributed by atoms with van der Waals surface area (Å²) in [6.07, 6.45) is 0. The number of para-hydroxylation sites is 2. The van der Waals surface area contributed by atoms with E-state index in [2.05, 4.69) is 16.4 Å². The van der Waals surface area contributed by atoms with Gasteiger partial charge in [-0.3, -0.25) is 0 Å². The van der Waals surface area contributed by atoms with E-state index in [4.69, 9.17) is 17.3 Å². The predicted octanol–water partition coefficient (Wildman–Crippen LogP) is 4.69. The molecule has 0 bridgehead atoms. The quantitative estimate of drug-likeness (QED) is 0.416.